The van der Waals surface area contributed by atoms with Gasteiger partial charge in [-0.3, -0.25) is 14.4 Å². The number of carbonyl (C=O) groups excluding carboxylic acids is 3. The second-order valence-corrected chi connectivity index (χ2v) is 8.56. The number of amides is 2. The van der Waals surface area contributed by atoms with Crippen molar-refractivity contribution in [2.75, 3.05) is 11.9 Å². The number of benzene rings is 1. The summed E-state index contributed by atoms with van der Waals surface area (Å²) in [5.41, 5.74) is 5.28. The molecule has 1 aromatic carbocycles. The van der Waals surface area contributed by atoms with E-state index in [1.54, 1.807) is 5.38 Å². The predicted octanol–water partition coefficient (Wildman–Crippen LogP) is 1.36. The van der Waals surface area contributed by atoms with Gasteiger partial charge in [0.2, 0.25) is 10.0 Å². The number of esters is 1. The van der Waals surface area contributed by atoms with Crippen LogP contribution in [-0.2, 0) is 24.3 Å². The number of nitrogens with two attached hydrogens (primary N) is 1. The highest BCUT2D eigenvalue weighted by atomic mass is 32.2. The number of thiophene rings is 1. The third-order valence-electron chi connectivity index (χ3n) is 3.67. The number of carbonyl (C=O) groups is 3. The Kier molecular flexibility index (Phi) is 7.59. The Morgan fingerprint density at radius 3 is 2.53 bits per heavy atom. The molecule has 2 amide bonds. The molecule has 1 atom stereocenters. The van der Waals surface area contributed by atoms with Gasteiger partial charge in [-0.2, -0.15) is 0 Å². The second kappa shape index (κ2) is 9.73. The van der Waals surface area contributed by atoms with Gasteiger partial charge in [0, 0.05) is 6.54 Å². The van der Waals surface area contributed by atoms with E-state index in [1.165, 1.54) is 13.0 Å². The molecule has 13 heteroatoms. The van der Waals surface area contributed by atoms with Crippen LogP contribution in [0.25, 0.3) is 0 Å². The van der Waals surface area contributed by atoms with Crippen LogP contribution in [0.4, 0.5) is 13.8 Å². The lowest BCUT2D eigenvalue weighted by Gasteiger charge is -2.13. The average Bonchev–Trinajstić information content (AvgIpc) is 3.12. The Morgan fingerprint density at radius 2 is 1.90 bits per heavy atom. The molecule has 162 valence electrons. The Balaban J connectivity index is 1.84. The van der Waals surface area contributed by atoms with Gasteiger partial charge in [0.15, 0.2) is 17.7 Å². The Labute approximate surface area is 174 Å². The summed E-state index contributed by atoms with van der Waals surface area (Å²) in [7, 11) is -4.17. The summed E-state index contributed by atoms with van der Waals surface area (Å²) < 4.78 is 57.1. The maximum atomic E-state index is 13.2. The third-order valence-corrected chi connectivity index (χ3v) is 5.96. The molecule has 0 aliphatic heterocycles. The average molecular weight is 461 g/mol. The first-order chi connectivity index (χ1) is 14.0. The highest BCUT2D eigenvalue weighted by Crippen LogP contribution is 2.23. The summed E-state index contributed by atoms with van der Waals surface area (Å²) in [5, 5.41) is 4.16. The lowest BCUT2D eigenvalue weighted by molar-refractivity contribution is -0.152. The van der Waals surface area contributed by atoms with Gasteiger partial charge in [-0.1, -0.05) is 0 Å². The van der Waals surface area contributed by atoms with Gasteiger partial charge in [-0.05, 0) is 36.6 Å². The predicted molar refractivity (Wildman–Crippen MR) is 103 cm³/mol. The molecule has 0 aliphatic carbocycles. The maximum absolute atomic E-state index is 13.2. The summed E-state index contributed by atoms with van der Waals surface area (Å²) in [6, 6.07) is 3.47. The number of hydrogen-bond acceptors (Lipinski definition) is 7. The SMILES string of the molecule is CC(OC(=O)CCNS(=O)(=O)c1ccc(F)c(F)c1)C(=O)Nc1sccc1C(N)=O. The molecule has 0 radical (unpaired) electrons. The van der Waals surface area contributed by atoms with Gasteiger partial charge in [-0.25, -0.2) is 21.9 Å². The van der Waals surface area contributed by atoms with Gasteiger partial charge >= 0.3 is 5.97 Å². The minimum atomic E-state index is -4.17. The molecular formula is C17H17F2N3O6S2. The monoisotopic (exact) mass is 461 g/mol. The minimum absolute atomic E-state index is 0.110. The summed E-state index contributed by atoms with van der Waals surface area (Å²) >= 11 is 1.06. The number of anilines is 1. The molecule has 4 N–H and O–H groups in total. The van der Waals surface area contributed by atoms with Crippen molar-refractivity contribution < 1.29 is 36.3 Å². The molecule has 1 heterocycles. The van der Waals surface area contributed by atoms with Crippen molar-refractivity contribution in [3.63, 3.8) is 0 Å². The van der Waals surface area contributed by atoms with Crippen LogP contribution in [0.2, 0.25) is 0 Å². The largest absolute Gasteiger partial charge is 0.452 e. The van der Waals surface area contributed by atoms with Crippen molar-refractivity contribution in [2.45, 2.75) is 24.3 Å². The smallest absolute Gasteiger partial charge is 0.307 e. The Hall–Kier alpha value is -2.90. The molecule has 9 nitrogen and oxygen atoms in total. The number of sulfonamides is 1. The van der Waals surface area contributed by atoms with E-state index in [1.807, 2.05) is 4.72 Å². The van der Waals surface area contributed by atoms with Crippen molar-refractivity contribution >= 4 is 44.1 Å². The van der Waals surface area contributed by atoms with Gasteiger partial charge in [0.25, 0.3) is 11.8 Å². The summed E-state index contributed by atoms with van der Waals surface area (Å²) in [6.45, 7) is 0.890. The third kappa shape index (κ3) is 6.05. The van der Waals surface area contributed by atoms with E-state index in [-0.39, 0.29) is 10.6 Å². The van der Waals surface area contributed by atoms with Crippen molar-refractivity contribution in [3.05, 3.63) is 46.8 Å². The van der Waals surface area contributed by atoms with Crippen molar-refractivity contribution in [3.8, 4) is 0 Å². The molecule has 30 heavy (non-hydrogen) atoms. The first-order valence-electron chi connectivity index (χ1n) is 8.33. The van der Waals surface area contributed by atoms with E-state index in [0.717, 1.165) is 17.4 Å². The van der Waals surface area contributed by atoms with Gasteiger partial charge in [-0.15, -0.1) is 11.3 Å². The van der Waals surface area contributed by atoms with E-state index in [9.17, 15) is 31.6 Å². The minimum Gasteiger partial charge on any atom is -0.452 e. The van der Waals surface area contributed by atoms with Crippen LogP contribution in [0.3, 0.4) is 0 Å². The zero-order chi connectivity index (χ0) is 22.5. The van der Waals surface area contributed by atoms with Crippen LogP contribution < -0.4 is 15.8 Å². The highest BCUT2D eigenvalue weighted by Gasteiger charge is 2.21. The number of halogens is 2. The van der Waals surface area contributed by atoms with Crippen LogP contribution in [0.5, 0.6) is 0 Å². The lowest BCUT2D eigenvalue weighted by atomic mass is 10.3. The van der Waals surface area contributed by atoms with E-state index >= 15 is 0 Å². The molecule has 0 saturated heterocycles. The van der Waals surface area contributed by atoms with Gasteiger partial charge in [0.1, 0.15) is 5.00 Å². The topological polar surface area (TPSA) is 145 Å². The fourth-order valence-corrected chi connectivity index (χ4v) is 3.98. The molecule has 0 fully saturated rings. The van der Waals surface area contributed by atoms with Crippen molar-refractivity contribution in [1.29, 1.82) is 0 Å². The molecule has 0 saturated carbocycles. The number of rotatable bonds is 9. The van der Waals surface area contributed by atoms with E-state index < -0.39 is 63.4 Å². The normalized spacial score (nSPS) is 12.2. The van der Waals surface area contributed by atoms with Gasteiger partial charge < -0.3 is 15.8 Å². The molecule has 2 rings (SSSR count). The van der Waals surface area contributed by atoms with Gasteiger partial charge in [0.05, 0.1) is 16.9 Å². The van der Waals surface area contributed by atoms with Crippen LogP contribution in [0.15, 0.2) is 34.5 Å². The van der Waals surface area contributed by atoms with Crippen LogP contribution in [0, 0.1) is 11.6 Å². The van der Waals surface area contributed by atoms with E-state index in [2.05, 4.69) is 5.32 Å². The molecule has 1 aromatic heterocycles. The fourth-order valence-electron chi connectivity index (χ4n) is 2.14. The zero-order valence-corrected chi connectivity index (χ0v) is 17.1. The van der Waals surface area contributed by atoms with Crippen LogP contribution >= 0.6 is 11.3 Å². The standard InChI is InChI=1S/C17H17F2N3O6S2/c1-9(16(25)22-17-11(15(20)24)5-7-29-17)28-14(23)4-6-21-30(26,27)10-2-3-12(18)13(19)8-10/h2-3,5,7-9,21H,4,6H2,1H3,(H2,20,24)(H,22,25). The van der Waals surface area contributed by atoms with Crippen molar-refractivity contribution in [2.24, 2.45) is 5.73 Å². The maximum Gasteiger partial charge on any atom is 0.307 e. The summed E-state index contributed by atoms with van der Waals surface area (Å²) in [5.74, 6) is -4.86. The first-order valence-corrected chi connectivity index (χ1v) is 10.7. The zero-order valence-electron chi connectivity index (χ0n) is 15.5. The quantitative estimate of drug-likeness (QED) is 0.481. The van der Waals surface area contributed by atoms with Crippen molar-refractivity contribution in [1.82, 2.24) is 4.72 Å². The Bertz CT molecular complexity index is 1070. The molecule has 1 unspecified atom stereocenters. The number of primary amides is 1. The van der Waals surface area contributed by atoms with Crippen LogP contribution in [-0.4, -0.2) is 38.9 Å². The van der Waals surface area contributed by atoms with E-state index in [4.69, 9.17) is 10.5 Å². The van der Waals surface area contributed by atoms with Crippen LogP contribution in [0.1, 0.15) is 23.7 Å². The summed E-state index contributed by atoms with van der Waals surface area (Å²) in [4.78, 5) is 34.7. The second-order valence-electron chi connectivity index (χ2n) is 5.87. The lowest BCUT2D eigenvalue weighted by Crippen LogP contribution is -2.32. The molecule has 2 aromatic rings. The molecule has 0 aliphatic rings. The number of ether oxygens (including phenoxy) is 1. The van der Waals surface area contributed by atoms with E-state index in [0.29, 0.717) is 12.1 Å². The fraction of sp³-hybridized carbons (Fsp3) is 0.235. The molecule has 0 spiro atoms. The molecule has 0 bridgehead atoms. The Morgan fingerprint density at radius 1 is 1.20 bits per heavy atom. The first kappa shape index (κ1) is 23.4. The number of nitrogens with one attached hydrogen (secondary N) is 2. The molecular weight excluding hydrogens is 444 g/mol. The summed E-state index contributed by atoms with van der Waals surface area (Å²) in [6.07, 6.45) is -1.66. The highest BCUT2D eigenvalue weighted by molar-refractivity contribution is 7.89. The number of hydrogen-bond donors (Lipinski definition) is 3.